The van der Waals surface area contributed by atoms with Crippen LogP contribution in [0.4, 0.5) is 0 Å². The molecule has 2 fully saturated rings. The maximum Gasteiger partial charge on any atom is 0.0946 e. The van der Waals surface area contributed by atoms with Gasteiger partial charge >= 0.3 is 0 Å². The number of hydrogen-bond donors (Lipinski definition) is 1. The highest BCUT2D eigenvalue weighted by molar-refractivity contribution is 5.09. The Kier molecular flexibility index (Phi) is 3.16. The van der Waals surface area contributed by atoms with Crippen LogP contribution >= 0.6 is 0 Å². The third-order valence-electron chi connectivity index (χ3n) is 4.75. The first-order valence-electron chi connectivity index (χ1n) is 7.01. The average Bonchev–Trinajstić information content (AvgIpc) is 2.75. The molecule has 18 heavy (non-hydrogen) atoms. The molecule has 2 aliphatic rings. The SMILES string of the molecule is CNC(c1cncn1C)C1CCOC2(CCC2)C1. The quantitative estimate of drug-likeness (QED) is 0.891. The summed E-state index contributed by atoms with van der Waals surface area (Å²) in [4.78, 5) is 4.25. The molecule has 0 aromatic carbocycles. The van der Waals surface area contributed by atoms with E-state index in [1.165, 1.54) is 31.4 Å². The van der Waals surface area contributed by atoms with Crippen LogP contribution in [0, 0.1) is 5.92 Å². The van der Waals surface area contributed by atoms with Crippen molar-refractivity contribution in [3.8, 4) is 0 Å². The van der Waals surface area contributed by atoms with Crippen molar-refractivity contribution in [1.82, 2.24) is 14.9 Å². The van der Waals surface area contributed by atoms with Gasteiger partial charge in [-0.15, -0.1) is 0 Å². The fourth-order valence-corrected chi connectivity index (χ4v) is 3.56. The zero-order chi connectivity index (χ0) is 12.6. The zero-order valence-corrected chi connectivity index (χ0v) is 11.4. The molecule has 2 unspecified atom stereocenters. The lowest BCUT2D eigenvalue weighted by Gasteiger charge is -2.48. The number of rotatable bonds is 3. The van der Waals surface area contributed by atoms with Crippen LogP contribution in [0.5, 0.6) is 0 Å². The Morgan fingerprint density at radius 1 is 1.56 bits per heavy atom. The fourth-order valence-electron chi connectivity index (χ4n) is 3.56. The predicted octanol–water partition coefficient (Wildman–Crippen LogP) is 2.03. The number of hydrogen-bond acceptors (Lipinski definition) is 3. The van der Waals surface area contributed by atoms with Crippen LogP contribution in [0.15, 0.2) is 12.5 Å². The van der Waals surface area contributed by atoms with Crippen LogP contribution in [-0.2, 0) is 11.8 Å². The molecule has 4 nitrogen and oxygen atoms in total. The van der Waals surface area contributed by atoms with Gasteiger partial charge < -0.3 is 14.6 Å². The second-order valence-corrected chi connectivity index (χ2v) is 5.83. The van der Waals surface area contributed by atoms with Crippen molar-refractivity contribution in [3.63, 3.8) is 0 Å². The number of ether oxygens (including phenoxy) is 1. The van der Waals surface area contributed by atoms with Gasteiger partial charge in [-0.1, -0.05) is 0 Å². The molecule has 1 aromatic rings. The summed E-state index contributed by atoms with van der Waals surface area (Å²) >= 11 is 0. The first-order chi connectivity index (χ1) is 8.74. The minimum Gasteiger partial charge on any atom is -0.375 e. The second-order valence-electron chi connectivity index (χ2n) is 5.83. The number of nitrogens with zero attached hydrogens (tertiary/aromatic N) is 2. The molecule has 2 heterocycles. The van der Waals surface area contributed by atoms with Crippen molar-refractivity contribution < 1.29 is 4.74 Å². The van der Waals surface area contributed by atoms with E-state index in [0.29, 0.717) is 12.0 Å². The summed E-state index contributed by atoms with van der Waals surface area (Å²) in [6, 6.07) is 0.402. The third-order valence-corrected chi connectivity index (χ3v) is 4.75. The summed E-state index contributed by atoms with van der Waals surface area (Å²) < 4.78 is 8.15. The monoisotopic (exact) mass is 249 g/mol. The Hall–Kier alpha value is -0.870. The van der Waals surface area contributed by atoms with Crippen molar-refractivity contribution in [2.24, 2.45) is 13.0 Å². The summed E-state index contributed by atoms with van der Waals surface area (Å²) in [7, 11) is 4.13. The van der Waals surface area contributed by atoms with Gasteiger partial charge in [0.2, 0.25) is 0 Å². The molecule has 1 saturated heterocycles. The van der Waals surface area contributed by atoms with Crippen molar-refractivity contribution in [3.05, 3.63) is 18.2 Å². The van der Waals surface area contributed by atoms with Crippen molar-refractivity contribution >= 4 is 0 Å². The van der Waals surface area contributed by atoms with Crippen LogP contribution in [0.25, 0.3) is 0 Å². The minimum atomic E-state index is 0.219. The van der Waals surface area contributed by atoms with Crippen molar-refractivity contribution in [2.75, 3.05) is 13.7 Å². The summed E-state index contributed by atoms with van der Waals surface area (Å²) in [5.74, 6) is 0.666. The van der Waals surface area contributed by atoms with E-state index in [1.807, 2.05) is 12.5 Å². The number of nitrogens with one attached hydrogen (secondary N) is 1. The lowest BCUT2D eigenvalue weighted by Crippen LogP contribution is -2.47. The highest BCUT2D eigenvalue weighted by Gasteiger charge is 2.44. The molecule has 0 radical (unpaired) electrons. The molecule has 100 valence electrons. The Morgan fingerprint density at radius 2 is 2.39 bits per heavy atom. The number of imidazole rings is 1. The largest absolute Gasteiger partial charge is 0.375 e. The van der Waals surface area contributed by atoms with Crippen molar-refractivity contribution in [1.29, 1.82) is 0 Å². The van der Waals surface area contributed by atoms with E-state index in [0.717, 1.165) is 13.0 Å². The second kappa shape index (κ2) is 4.67. The molecule has 1 N–H and O–H groups in total. The molecular formula is C14H23N3O. The first kappa shape index (κ1) is 12.2. The van der Waals surface area contributed by atoms with Gasteiger partial charge in [-0.05, 0) is 45.1 Å². The highest BCUT2D eigenvalue weighted by Crippen LogP contribution is 2.46. The molecule has 1 aromatic heterocycles. The number of aryl methyl sites for hydroxylation is 1. The van der Waals surface area contributed by atoms with E-state index >= 15 is 0 Å². The third kappa shape index (κ3) is 1.97. The molecule has 1 saturated carbocycles. The van der Waals surface area contributed by atoms with Gasteiger partial charge in [0.25, 0.3) is 0 Å². The van der Waals surface area contributed by atoms with Gasteiger partial charge in [-0.2, -0.15) is 0 Å². The predicted molar refractivity (Wildman–Crippen MR) is 70.3 cm³/mol. The Bertz CT molecular complexity index is 411. The molecule has 2 atom stereocenters. The Balaban J connectivity index is 1.77. The van der Waals surface area contributed by atoms with E-state index in [1.54, 1.807) is 0 Å². The normalized spacial score (nSPS) is 28.0. The van der Waals surface area contributed by atoms with Crippen molar-refractivity contribution in [2.45, 2.75) is 43.7 Å². The molecular weight excluding hydrogens is 226 g/mol. The van der Waals surface area contributed by atoms with Crippen LogP contribution in [0.2, 0.25) is 0 Å². The lowest BCUT2D eigenvalue weighted by molar-refractivity contribution is -0.147. The Labute approximate surface area is 109 Å². The van der Waals surface area contributed by atoms with Gasteiger partial charge in [0, 0.05) is 19.9 Å². The van der Waals surface area contributed by atoms with E-state index in [9.17, 15) is 0 Å². The minimum absolute atomic E-state index is 0.219. The molecule has 1 spiro atoms. The zero-order valence-electron chi connectivity index (χ0n) is 11.4. The van der Waals surface area contributed by atoms with Gasteiger partial charge in [0.1, 0.15) is 0 Å². The van der Waals surface area contributed by atoms with Gasteiger partial charge in [-0.25, -0.2) is 4.98 Å². The van der Waals surface area contributed by atoms with Gasteiger partial charge in [-0.3, -0.25) is 0 Å². The standard InChI is InChI=1S/C14H23N3O/c1-15-13(12-9-16-10-17(12)2)11-4-7-18-14(8-11)5-3-6-14/h9-11,13,15H,3-8H2,1-2H3. The summed E-state index contributed by atoms with van der Waals surface area (Å²) in [5.41, 5.74) is 1.51. The molecule has 0 bridgehead atoms. The van der Waals surface area contributed by atoms with Crippen LogP contribution in [-0.4, -0.2) is 28.8 Å². The Morgan fingerprint density at radius 3 is 2.94 bits per heavy atom. The first-order valence-corrected chi connectivity index (χ1v) is 7.01. The number of aromatic nitrogens is 2. The highest BCUT2D eigenvalue weighted by atomic mass is 16.5. The van der Waals surface area contributed by atoms with E-state index in [-0.39, 0.29) is 5.60 Å². The van der Waals surface area contributed by atoms with Crippen LogP contribution in [0.1, 0.15) is 43.8 Å². The molecule has 1 aliphatic carbocycles. The van der Waals surface area contributed by atoms with Crippen LogP contribution in [0.3, 0.4) is 0 Å². The average molecular weight is 249 g/mol. The molecule has 3 rings (SSSR count). The fraction of sp³-hybridized carbons (Fsp3) is 0.786. The van der Waals surface area contributed by atoms with E-state index in [2.05, 4.69) is 29.0 Å². The summed E-state index contributed by atoms with van der Waals surface area (Å²) in [5, 5.41) is 3.48. The molecule has 4 heteroatoms. The molecule has 0 amide bonds. The topological polar surface area (TPSA) is 39.1 Å². The summed E-state index contributed by atoms with van der Waals surface area (Å²) in [6.45, 7) is 0.917. The summed E-state index contributed by atoms with van der Waals surface area (Å²) in [6.07, 6.45) is 10.1. The van der Waals surface area contributed by atoms with E-state index < -0.39 is 0 Å². The van der Waals surface area contributed by atoms with Crippen LogP contribution < -0.4 is 5.32 Å². The van der Waals surface area contributed by atoms with E-state index in [4.69, 9.17) is 4.74 Å². The van der Waals surface area contributed by atoms with Gasteiger partial charge in [0.05, 0.1) is 23.7 Å². The molecule has 1 aliphatic heterocycles. The lowest BCUT2D eigenvalue weighted by atomic mass is 9.70. The smallest absolute Gasteiger partial charge is 0.0946 e. The maximum atomic E-state index is 6.02. The maximum absolute atomic E-state index is 6.02. The van der Waals surface area contributed by atoms with Gasteiger partial charge in [0.15, 0.2) is 0 Å².